The third-order valence-corrected chi connectivity index (χ3v) is 5.42. The molecule has 0 unspecified atom stereocenters. The summed E-state index contributed by atoms with van der Waals surface area (Å²) in [6.45, 7) is 0.702. The van der Waals surface area contributed by atoms with Gasteiger partial charge in [0.1, 0.15) is 12.4 Å². The van der Waals surface area contributed by atoms with Crippen LogP contribution in [0.3, 0.4) is 0 Å². The number of fused-ring (bicyclic) bond motifs is 3. The summed E-state index contributed by atoms with van der Waals surface area (Å²) in [7, 11) is 0. The number of ether oxygens (including phenoxy) is 1. The maximum absolute atomic E-state index is 12.2. The third-order valence-electron chi connectivity index (χ3n) is 5.42. The second-order valence-electron chi connectivity index (χ2n) is 7.37. The Morgan fingerprint density at radius 3 is 2.32 bits per heavy atom. The Labute approximate surface area is 181 Å². The third kappa shape index (κ3) is 4.51. The first kappa shape index (κ1) is 20.4. The van der Waals surface area contributed by atoms with Gasteiger partial charge in [-0.25, -0.2) is 4.79 Å². The van der Waals surface area contributed by atoms with Crippen molar-refractivity contribution in [3.63, 3.8) is 0 Å². The minimum atomic E-state index is -0.450. The van der Waals surface area contributed by atoms with Crippen molar-refractivity contribution < 1.29 is 19.4 Å². The van der Waals surface area contributed by atoms with Gasteiger partial charge in [0.2, 0.25) is 0 Å². The molecule has 0 fully saturated rings. The van der Waals surface area contributed by atoms with Gasteiger partial charge in [0.25, 0.3) is 0 Å². The molecule has 5 nitrogen and oxygen atoms in total. The molecule has 156 valence electrons. The molecule has 0 bridgehead atoms. The first-order chi connectivity index (χ1) is 15.2. The summed E-state index contributed by atoms with van der Waals surface area (Å²) in [6.07, 6.45) is 4.50. The van der Waals surface area contributed by atoms with Crippen molar-refractivity contribution in [3.05, 3.63) is 95.1 Å². The number of carbonyl (C=O) groups excluding carboxylic acids is 2. The molecule has 3 aromatic carbocycles. The van der Waals surface area contributed by atoms with Crippen LogP contribution in [-0.2, 0) is 4.74 Å². The lowest BCUT2D eigenvalue weighted by Gasteiger charge is -2.14. The van der Waals surface area contributed by atoms with Gasteiger partial charge in [-0.3, -0.25) is 4.79 Å². The maximum Gasteiger partial charge on any atom is 0.407 e. The fourth-order valence-electron chi connectivity index (χ4n) is 3.93. The number of amides is 1. The molecule has 2 N–H and O–H groups in total. The van der Waals surface area contributed by atoms with Gasteiger partial charge < -0.3 is 15.2 Å². The minimum absolute atomic E-state index is 0.0364. The van der Waals surface area contributed by atoms with E-state index in [1.54, 1.807) is 12.1 Å². The monoisotopic (exact) mass is 413 g/mol. The topological polar surface area (TPSA) is 75.6 Å². The molecule has 5 heteroatoms. The van der Waals surface area contributed by atoms with Gasteiger partial charge in [-0.1, -0.05) is 66.7 Å². The Hall–Kier alpha value is -3.86. The van der Waals surface area contributed by atoms with E-state index in [9.17, 15) is 14.7 Å². The van der Waals surface area contributed by atoms with Crippen LogP contribution < -0.4 is 5.32 Å². The summed E-state index contributed by atoms with van der Waals surface area (Å²) in [5.74, 6) is 0.0884. The van der Waals surface area contributed by atoms with Crippen LogP contribution in [-0.4, -0.2) is 30.6 Å². The van der Waals surface area contributed by atoms with E-state index in [0.717, 1.165) is 0 Å². The first-order valence-electron chi connectivity index (χ1n) is 10.2. The number of alkyl carbamates (subject to hydrolysis) is 1. The Balaban J connectivity index is 1.28. The lowest BCUT2D eigenvalue weighted by atomic mass is 9.98. The highest BCUT2D eigenvalue weighted by Crippen LogP contribution is 2.44. The van der Waals surface area contributed by atoms with Crippen molar-refractivity contribution in [1.29, 1.82) is 0 Å². The van der Waals surface area contributed by atoms with Crippen LogP contribution in [0.5, 0.6) is 5.75 Å². The average molecular weight is 413 g/mol. The van der Waals surface area contributed by atoms with Crippen molar-refractivity contribution in [3.8, 4) is 16.9 Å². The largest absolute Gasteiger partial charge is 0.508 e. The van der Waals surface area contributed by atoms with Gasteiger partial charge in [-0.05, 0) is 46.4 Å². The number of carbonyl (C=O) groups is 2. The summed E-state index contributed by atoms with van der Waals surface area (Å²) in [4.78, 5) is 23.2. The second-order valence-corrected chi connectivity index (χ2v) is 7.37. The molecule has 0 heterocycles. The van der Waals surface area contributed by atoms with E-state index in [-0.39, 0.29) is 18.3 Å². The predicted octanol–water partition coefficient (Wildman–Crippen LogP) is 5.15. The van der Waals surface area contributed by atoms with Gasteiger partial charge >= 0.3 is 6.09 Å². The van der Waals surface area contributed by atoms with Gasteiger partial charge in [0, 0.05) is 18.0 Å². The van der Waals surface area contributed by atoms with Crippen molar-refractivity contribution in [2.75, 3.05) is 13.2 Å². The Kier molecular flexibility index (Phi) is 6.13. The highest BCUT2D eigenvalue weighted by atomic mass is 16.5. The first-order valence-corrected chi connectivity index (χ1v) is 10.2. The Morgan fingerprint density at radius 1 is 0.968 bits per heavy atom. The quantitative estimate of drug-likeness (QED) is 0.415. The zero-order valence-electron chi connectivity index (χ0n) is 17.0. The van der Waals surface area contributed by atoms with Crippen LogP contribution in [0.4, 0.5) is 4.79 Å². The number of phenolic OH excluding ortho intramolecular Hbond substituents is 1. The van der Waals surface area contributed by atoms with Crippen LogP contribution >= 0.6 is 0 Å². The van der Waals surface area contributed by atoms with Crippen LogP contribution in [0.2, 0.25) is 0 Å². The predicted molar refractivity (Wildman–Crippen MR) is 120 cm³/mol. The smallest absolute Gasteiger partial charge is 0.407 e. The van der Waals surface area contributed by atoms with Crippen molar-refractivity contribution >= 4 is 18.5 Å². The standard InChI is InChI=1S/C26H23NO4/c28-16-19-15-20(29)13-12-18(19)7-5-6-14-27-26(30)31-17-25-23-10-3-1-8-21(23)22-9-2-4-11-24(22)25/h1-5,7-13,15-16,25,29H,6,14,17H2,(H,27,30). The normalized spacial score (nSPS) is 12.4. The highest BCUT2D eigenvalue weighted by Gasteiger charge is 2.28. The summed E-state index contributed by atoms with van der Waals surface area (Å²) < 4.78 is 5.51. The van der Waals surface area contributed by atoms with E-state index in [2.05, 4.69) is 29.6 Å². The van der Waals surface area contributed by atoms with Gasteiger partial charge in [-0.2, -0.15) is 0 Å². The lowest BCUT2D eigenvalue weighted by molar-refractivity contribution is 0.112. The number of phenols is 1. The van der Waals surface area contributed by atoms with E-state index in [1.807, 2.05) is 30.3 Å². The van der Waals surface area contributed by atoms with Crippen LogP contribution in [0, 0.1) is 0 Å². The zero-order valence-corrected chi connectivity index (χ0v) is 17.0. The zero-order chi connectivity index (χ0) is 21.6. The molecule has 0 radical (unpaired) electrons. The van der Waals surface area contributed by atoms with Gasteiger partial charge in [-0.15, -0.1) is 0 Å². The molecule has 31 heavy (non-hydrogen) atoms. The van der Waals surface area contributed by atoms with E-state index >= 15 is 0 Å². The average Bonchev–Trinajstić information content (AvgIpc) is 3.12. The molecule has 1 aliphatic rings. The molecule has 3 aromatic rings. The molecule has 0 aromatic heterocycles. The van der Waals surface area contributed by atoms with E-state index < -0.39 is 6.09 Å². The summed E-state index contributed by atoms with van der Waals surface area (Å²) >= 11 is 0. The molecular formula is C26H23NO4. The fraction of sp³-hybridized carbons (Fsp3) is 0.154. The molecule has 1 amide bonds. The maximum atomic E-state index is 12.2. The molecule has 0 saturated heterocycles. The lowest BCUT2D eigenvalue weighted by Crippen LogP contribution is -2.26. The number of hydrogen-bond donors (Lipinski definition) is 2. The Bertz CT molecular complexity index is 1090. The molecule has 4 rings (SSSR count). The van der Waals surface area contributed by atoms with Crippen LogP contribution in [0.15, 0.2) is 72.8 Å². The number of benzene rings is 3. The molecule has 0 atom stereocenters. The number of hydrogen-bond acceptors (Lipinski definition) is 4. The van der Waals surface area contributed by atoms with E-state index in [0.29, 0.717) is 30.4 Å². The molecule has 1 aliphatic carbocycles. The van der Waals surface area contributed by atoms with Crippen molar-refractivity contribution in [2.45, 2.75) is 12.3 Å². The SMILES string of the molecule is O=Cc1cc(O)ccc1C=CCCNC(=O)OCC1c2ccccc2-c2ccccc21. The number of rotatable bonds is 7. The number of aldehydes is 1. The van der Waals surface area contributed by atoms with E-state index in [1.165, 1.54) is 34.4 Å². The molecule has 0 saturated carbocycles. The molecular weight excluding hydrogens is 390 g/mol. The molecule has 0 aliphatic heterocycles. The Morgan fingerprint density at radius 2 is 1.65 bits per heavy atom. The summed E-state index contributed by atoms with van der Waals surface area (Å²) in [5.41, 5.74) is 5.88. The van der Waals surface area contributed by atoms with Gasteiger partial charge in [0.15, 0.2) is 6.29 Å². The highest BCUT2D eigenvalue weighted by molar-refractivity contribution is 5.82. The minimum Gasteiger partial charge on any atom is -0.508 e. The summed E-state index contributed by atoms with van der Waals surface area (Å²) in [5, 5.41) is 12.2. The number of aromatic hydroxyl groups is 1. The van der Waals surface area contributed by atoms with Crippen molar-refractivity contribution in [1.82, 2.24) is 5.32 Å². The van der Waals surface area contributed by atoms with Crippen LogP contribution in [0.1, 0.15) is 39.4 Å². The fourth-order valence-corrected chi connectivity index (χ4v) is 3.93. The second kappa shape index (κ2) is 9.30. The van der Waals surface area contributed by atoms with Crippen molar-refractivity contribution in [2.24, 2.45) is 0 Å². The van der Waals surface area contributed by atoms with Crippen LogP contribution in [0.25, 0.3) is 17.2 Å². The summed E-state index contributed by atoms with van der Waals surface area (Å²) in [6, 6.07) is 21.1. The number of nitrogens with one attached hydrogen (secondary N) is 1. The van der Waals surface area contributed by atoms with Gasteiger partial charge in [0.05, 0.1) is 0 Å². The van der Waals surface area contributed by atoms with E-state index in [4.69, 9.17) is 4.74 Å². The molecule has 0 spiro atoms.